The average Bonchev–Trinajstić information content (AvgIpc) is 1.76. The van der Waals surface area contributed by atoms with E-state index in [0.717, 1.165) is 0 Å². The molecule has 0 amide bonds. The van der Waals surface area contributed by atoms with Gasteiger partial charge in [0, 0.05) is 6.92 Å². The first-order valence-corrected chi connectivity index (χ1v) is 1.30. The van der Waals surface area contributed by atoms with Crippen molar-refractivity contribution in [3.05, 3.63) is 0 Å². The maximum absolute atomic E-state index is 8.19. The van der Waals surface area contributed by atoms with E-state index in [9.17, 15) is 0 Å². The molecule has 0 aromatic carbocycles. The molecular formula is C2H15AlO7. The molecule has 0 atom stereocenters. The third-order valence-corrected chi connectivity index (χ3v) is 0.325. The molecule has 1 rings (SSSR count). The van der Waals surface area contributed by atoms with Crippen LogP contribution in [0.2, 0.25) is 0 Å². The van der Waals surface area contributed by atoms with Gasteiger partial charge in [-0.15, -0.1) is 0 Å². The summed E-state index contributed by atoms with van der Waals surface area (Å²) >= 11 is 0. The lowest BCUT2D eigenvalue weighted by Crippen LogP contribution is -1.96. The van der Waals surface area contributed by atoms with Gasteiger partial charge in [0.1, 0.15) is 0 Å². The molecule has 10 heavy (non-hydrogen) atoms. The quantitative estimate of drug-likeness (QED) is 0.223. The number of hydrogen-bond donors (Lipinski definition) is 1. The molecule has 1 fully saturated rings. The van der Waals surface area contributed by atoms with Crippen LogP contribution in [-0.2, 0) is 9.78 Å². The molecule has 8 heteroatoms. The maximum Gasteiger partial charge on any atom is 0.334 e. The lowest BCUT2D eigenvalue weighted by Gasteiger charge is -1.73. The number of aliphatic hydroxyl groups is 1. The van der Waals surface area contributed by atoms with Crippen LogP contribution >= 0.6 is 0 Å². The van der Waals surface area contributed by atoms with Gasteiger partial charge in [-0.05, 0) is 0 Å². The van der Waals surface area contributed by atoms with Crippen LogP contribution in [0, 0.1) is 0 Å². The van der Waals surface area contributed by atoms with E-state index >= 15 is 0 Å². The van der Waals surface area contributed by atoms with Crippen molar-refractivity contribution in [1.82, 2.24) is 0 Å². The molecule has 1 aliphatic heterocycles. The second kappa shape index (κ2) is 9.25. The van der Waals surface area contributed by atoms with Crippen LogP contribution in [0.4, 0.5) is 0 Å². The van der Waals surface area contributed by atoms with E-state index in [0.29, 0.717) is 0 Å². The Kier molecular flexibility index (Phi) is 29.4. The maximum atomic E-state index is 8.19. The molecule has 0 spiro atoms. The second-order valence-electron chi connectivity index (χ2n) is 1.06. The normalized spacial score (nSPS) is 15.0. The molecule has 7 nitrogen and oxygen atoms in total. The van der Waals surface area contributed by atoms with Crippen molar-refractivity contribution in [2.75, 3.05) is 0 Å². The van der Waals surface area contributed by atoms with Gasteiger partial charge in [-0.25, -0.2) is 0 Å². The lowest BCUT2D eigenvalue weighted by molar-refractivity contribution is 0.0508. The van der Waals surface area contributed by atoms with E-state index in [4.69, 9.17) is 5.11 Å². The van der Waals surface area contributed by atoms with Gasteiger partial charge in [0.15, 0.2) is 17.4 Å². The van der Waals surface area contributed by atoms with Crippen molar-refractivity contribution in [2.45, 2.75) is 12.9 Å². The van der Waals surface area contributed by atoms with Gasteiger partial charge < -0.3 is 27.0 Å². The summed E-state index contributed by atoms with van der Waals surface area (Å²) in [5.41, 5.74) is 0. The molecule has 1 heterocycles. The summed E-state index contributed by atoms with van der Waals surface area (Å²) in [5, 5.41) is 8.19. The highest BCUT2D eigenvalue weighted by molar-refractivity contribution is 5.75. The molecule has 0 aromatic rings. The van der Waals surface area contributed by atoms with Crippen LogP contribution in [0.15, 0.2) is 0 Å². The van der Waals surface area contributed by atoms with Crippen LogP contribution in [0.5, 0.6) is 0 Å². The highest BCUT2D eigenvalue weighted by Gasteiger charge is 2.40. The molecule has 0 aliphatic carbocycles. The first-order valence-electron chi connectivity index (χ1n) is 1.30. The molecule has 9 N–H and O–H groups in total. The fourth-order valence-electron chi connectivity index (χ4n) is 0.0603. The predicted octanol–water partition coefficient (Wildman–Crippen LogP) is -4.87. The smallest absolute Gasteiger partial charge is 0.334 e. The van der Waals surface area contributed by atoms with Crippen molar-refractivity contribution in [2.24, 2.45) is 0 Å². The molecule has 0 saturated carbocycles. The third-order valence-electron chi connectivity index (χ3n) is 0.325. The van der Waals surface area contributed by atoms with E-state index in [1.165, 1.54) is 6.92 Å². The Morgan fingerprint density at radius 3 is 1.10 bits per heavy atom. The summed E-state index contributed by atoms with van der Waals surface area (Å²) in [6.45, 7) is 1.41. The van der Waals surface area contributed by atoms with Crippen molar-refractivity contribution in [3.8, 4) is 0 Å². The molecule has 0 aromatic heterocycles. The molecule has 68 valence electrons. The summed E-state index contributed by atoms with van der Waals surface area (Å²) in [6.07, 6.45) is 0. The Hall–Kier alpha value is 0.252. The predicted molar refractivity (Wildman–Crippen MR) is 37.2 cm³/mol. The van der Waals surface area contributed by atoms with Crippen LogP contribution in [-0.4, -0.2) is 50.3 Å². The van der Waals surface area contributed by atoms with E-state index in [2.05, 4.69) is 9.78 Å². The van der Waals surface area contributed by atoms with Gasteiger partial charge in [-0.2, -0.15) is 9.78 Å². The minimum absolute atomic E-state index is 0. The topological polar surface area (TPSA) is 171 Å². The number of hydrogen-bond acceptors (Lipinski definition) is 3. The summed E-state index contributed by atoms with van der Waals surface area (Å²) < 4.78 is 0. The van der Waals surface area contributed by atoms with Gasteiger partial charge in [-0.3, -0.25) is 0 Å². The largest absolute Gasteiger partial charge is 0.412 e. The van der Waals surface area contributed by atoms with Crippen molar-refractivity contribution >= 4 is 17.4 Å². The van der Waals surface area contributed by atoms with E-state index in [1.54, 1.807) is 0 Å². The van der Waals surface area contributed by atoms with E-state index in [1.807, 2.05) is 0 Å². The first-order chi connectivity index (χ1) is 2.21. The van der Waals surface area contributed by atoms with Gasteiger partial charge in [0.2, 0.25) is 0 Å². The summed E-state index contributed by atoms with van der Waals surface area (Å²) in [4.78, 5) is 7.90. The van der Waals surface area contributed by atoms with E-state index < -0.39 is 5.97 Å². The third kappa shape index (κ3) is 15.7. The highest BCUT2D eigenvalue weighted by atomic mass is 27.0. The average molecular weight is 178 g/mol. The van der Waals surface area contributed by atoms with Gasteiger partial charge >= 0.3 is 5.97 Å². The van der Waals surface area contributed by atoms with Crippen LogP contribution in [0.25, 0.3) is 0 Å². The van der Waals surface area contributed by atoms with Crippen LogP contribution < -0.4 is 0 Å². The van der Waals surface area contributed by atoms with Crippen molar-refractivity contribution in [3.63, 3.8) is 0 Å². The zero-order valence-electron chi connectivity index (χ0n) is 4.76. The Labute approximate surface area is 67.8 Å². The molecule has 1 aliphatic rings. The Morgan fingerprint density at radius 2 is 1.10 bits per heavy atom. The molecular weight excluding hydrogens is 163 g/mol. The minimum atomic E-state index is -1.25. The molecule has 1 saturated heterocycles. The van der Waals surface area contributed by atoms with Crippen molar-refractivity contribution in [1.29, 1.82) is 0 Å². The zero-order valence-corrected chi connectivity index (χ0v) is 4.76. The lowest BCUT2D eigenvalue weighted by atomic mass is 10.7. The van der Waals surface area contributed by atoms with Crippen LogP contribution in [0.3, 0.4) is 0 Å². The SMILES string of the molecule is CC1(O)OO1.O.O.O.O.[AlH3]. The van der Waals surface area contributed by atoms with Gasteiger partial charge in [0.25, 0.3) is 0 Å². The second-order valence-corrected chi connectivity index (χ2v) is 1.06. The van der Waals surface area contributed by atoms with Gasteiger partial charge in [0.05, 0.1) is 0 Å². The molecule has 0 bridgehead atoms. The summed E-state index contributed by atoms with van der Waals surface area (Å²) in [7, 11) is 0. The van der Waals surface area contributed by atoms with E-state index in [-0.39, 0.29) is 39.3 Å². The number of rotatable bonds is 0. The standard InChI is InChI=1S/C2H4O3.Al.4H2O.3H/c1-2(3)4-5-2;;;;;;;;/h3H,1H3;;4*1H2;;;. The summed E-state index contributed by atoms with van der Waals surface area (Å²) in [6, 6.07) is 0. The van der Waals surface area contributed by atoms with Gasteiger partial charge in [-0.1, -0.05) is 0 Å². The monoisotopic (exact) mass is 178 g/mol. The molecule has 0 unspecified atom stereocenters. The fourth-order valence-corrected chi connectivity index (χ4v) is 0.0603. The Bertz CT molecular complexity index is 49.6. The zero-order chi connectivity index (χ0) is 3.91. The fraction of sp³-hybridized carbons (Fsp3) is 1.00. The Balaban J connectivity index is -0.0000000167. The highest BCUT2D eigenvalue weighted by Crippen LogP contribution is 2.22. The molecule has 0 radical (unpaired) electrons. The Morgan fingerprint density at radius 1 is 1.00 bits per heavy atom. The van der Waals surface area contributed by atoms with Crippen molar-refractivity contribution < 1.29 is 36.8 Å². The van der Waals surface area contributed by atoms with Crippen LogP contribution in [0.1, 0.15) is 6.92 Å². The summed E-state index contributed by atoms with van der Waals surface area (Å²) in [5.74, 6) is -1.25. The minimum Gasteiger partial charge on any atom is -0.412 e. The first kappa shape index (κ1) is 31.8.